The van der Waals surface area contributed by atoms with E-state index in [4.69, 9.17) is 15.2 Å². The lowest BCUT2D eigenvalue weighted by atomic mass is 9.88. The van der Waals surface area contributed by atoms with E-state index in [2.05, 4.69) is 17.2 Å². The summed E-state index contributed by atoms with van der Waals surface area (Å²) < 4.78 is 12.8. The van der Waals surface area contributed by atoms with E-state index in [0.29, 0.717) is 11.8 Å². The number of allylic oxidation sites excluding steroid dienone is 1. The van der Waals surface area contributed by atoms with Gasteiger partial charge in [0.05, 0.1) is 12.7 Å². The molecule has 1 aliphatic rings. The molecule has 0 spiro atoms. The third-order valence-electron chi connectivity index (χ3n) is 4.41. The van der Waals surface area contributed by atoms with Crippen LogP contribution in [0.15, 0.2) is 66.6 Å². The van der Waals surface area contributed by atoms with Gasteiger partial charge in [0.2, 0.25) is 5.88 Å². The molecule has 0 saturated carbocycles. The Kier molecular flexibility index (Phi) is 3.69. The highest BCUT2D eigenvalue weighted by Crippen LogP contribution is 2.43. The van der Waals surface area contributed by atoms with Crippen LogP contribution in [0.2, 0.25) is 0 Å². The number of aromatic nitrogens is 2. The van der Waals surface area contributed by atoms with Crippen molar-refractivity contribution < 1.29 is 9.47 Å². The van der Waals surface area contributed by atoms with Crippen molar-refractivity contribution in [1.82, 2.24) is 9.78 Å². The van der Waals surface area contributed by atoms with Crippen LogP contribution < -0.4 is 15.2 Å². The summed E-state index contributed by atoms with van der Waals surface area (Å²) in [6.07, 6.45) is 1.93. The minimum atomic E-state index is -0.0291. The molecule has 1 aromatic heterocycles. The average Bonchev–Trinajstić information content (AvgIpc) is 2.98. The van der Waals surface area contributed by atoms with Gasteiger partial charge in [-0.2, -0.15) is 5.10 Å². The van der Waals surface area contributed by atoms with Crippen LogP contribution in [0.5, 0.6) is 11.6 Å². The van der Waals surface area contributed by atoms with E-state index >= 15 is 0 Å². The smallest absolute Gasteiger partial charge is 0.224 e. The van der Waals surface area contributed by atoms with Crippen molar-refractivity contribution in [3.05, 3.63) is 77.7 Å². The molecule has 2 aromatic carbocycles. The van der Waals surface area contributed by atoms with E-state index in [1.165, 1.54) is 0 Å². The molecule has 2 N–H and O–H groups in total. The number of benzene rings is 2. The average molecular weight is 333 g/mol. The third kappa shape index (κ3) is 2.63. The van der Waals surface area contributed by atoms with Crippen LogP contribution in [0, 0.1) is 0 Å². The van der Waals surface area contributed by atoms with Gasteiger partial charge < -0.3 is 15.2 Å². The molecule has 0 fully saturated rings. The second-order valence-corrected chi connectivity index (χ2v) is 5.98. The second kappa shape index (κ2) is 6.02. The minimum absolute atomic E-state index is 0.0291. The number of aryl methyl sites for hydroxylation is 1. The largest absolute Gasteiger partial charge is 0.497 e. The molecule has 1 atom stereocenters. The van der Waals surface area contributed by atoms with Gasteiger partial charge in [-0.25, -0.2) is 4.68 Å². The fourth-order valence-corrected chi connectivity index (χ4v) is 3.20. The van der Waals surface area contributed by atoms with Crippen LogP contribution in [0.1, 0.15) is 17.0 Å². The zero-order valence-electron chi connectivity index (χ0n) is 14.1. The Bertz CT molecular complexity index is 928. The summed E-state index contributed by atoms with van der Waals surface area (Å²) in [7, 11) is 3.53. The van der Waals surface area contributed by atoms with Gasteiger partial charge in [0.15, 0.2) is 5.88 Å². The summed E-state index contributed by atoms with van der Waals surface area (Å²) in [6, 6.07) is 18.1. The first-order chi connectivity index (χ1) is 12.2. The summed E-state index contributed by atoms with van der Waals surface area (Å²) in [5.41, 5.74) is 10.1. The summed E-state index contributed by atoms with van der Waals surface area (Å²) in [4.78, 5) is 0. The van der Waals surface area contributed by atoms with E-state index < -0.39 is 0 Å². The summed E-state index contributed by atoms with van der Waals surface area (Å²) in [5.74, 6) is 1.86. The van der Waals surface area contributed by atoms with Crippen LogP contribution in [0.4, 0.5) is 0 Å². The lowest BCUT2D eigenvalue weighted by Crippen LogP contribution is -2.17. The maximum atomic E-state index is 6.02. The van der Waals surface area contributed by atoms with E-state index in [1.54, 1.807) is 11.8 Å². The molecule has 3 aromatic rings. The molecule has 2 heterocycles. The van der Waals surface area contributed by atoms with Gasteiger partial charge in [-0.1, -0.05) is 42.5 Å². The Morgan fingerprint density at radius 1 is 1.08 bits per heavy atom. The lowest BCUT2D eigenvalue weighted by molar-refractivity contribution is 0.362. The van der Waals surface area contributed by atoms with E-state index in [9.17, 15) is 0 Å². The molecule has 0 bridgehead atoms. The highest BCUT2D eigenvalue weighted by atomic mass is 16.5. The van der Waals surface area contributed by atoms with Crippen LogP contribution in [-0.4, -0.2) is 16.9 Å². The molecule has 5 nitrogen and oxygen atoms in total. The Morgan fingerprint density at radius 2 is 1.80 bits per heavy atom. The molecule has 1 aliphatic heterocycles. The maximum absolute atomic E-state index is 6.02. The fourth-order valence-electron chi connectivity index (χ4n) is 3.20. The summed E-state index contributed by atoms with van der Waals surface area (Å²) in [6.45, 7) is 0. The molecule has 1 unspecified atom stereocenters. The number of hydrogen-bond acceptors (Lipinski definition) is 4. The number of fused-ring (bicyclic) bond motifs is 1. The van der Waals surface area contributed by atoms with E-state index in [-0.39, 0.29) is 5.92 Å². The Hall–Kier alpha value is -3.21. The lowest BCUT2D eigenvalue weighted by Gasteiger charge is -2.22. The number of ether oxygens (including phenoxy) is 2. The highest BCUT2D eigenvalue weighted by Gasteiger charge is 2.30. The first kappa shape index (κ1) is 15.3. The number of nitrogens with zero attached hydrogens (tertiary/aromatic N) is 2. The Morgan fingerprint density at radius 3 is 2.48 bits per heavy atom. The maximum Gasteiger partial charge on any atom is 0.224 e. The van der Waals surface area contributed by atoms with Crippen LogP contribution in [0.3, 0.4) is 0 Å². The number of nitrogens with two attached hydrogens (primary N) is 1. The van der Waals surface area contributed by atoms with Crippen molar-refractivity contribution in [1.29, 1.82) is 0 Å². The van der Waals surface area contributed by atoms with E-state index in [0.717, 1.165) is 28.1 Å². The topological polar surface area (TPSA) is 62.3 Å². The first-order valence-corrected chi connectivity index (χ1v) is 8.09. The molecule has 126 valence electrons. The van der Waals surface area contributed by atoms with E-state index in [1.807, 2.05) is 55.6 Å². The standard InChI is InChI=1S/C20H19N3O2/c1-23-20-18(19(22-23)14-6-4-3-5-7-14)16(12-17(21)25-20)13-8-10-15(24-2)11-9-13/h3-12,16H,21H2,1-2H3. The molecule has 5 heteroatoms. The quantitative estimate of drug-likeness (QED) is 0.798. The van der Waals surface area contributed by atoms with Crippen molar-refractivity contribution in [3.63, 3.8) is 0 Å². The molecule has 25 heavy (non-hydrogen) atoms. The van der Waals surface area contributed by atoms with Crippen LogP contribution >= 0.6 is 0 Å². The molecule has 4 rings (SSSR count). The highest BCUT2D eigenvalue weighted by molar-refractivity contribution is 5.69. The van der Waals surface area contributed by atoms with Gasteiger partial charge in [0.1, 0.15) is 11.4 Å². The van der Waals surface area contributed by atoms with Gasteiger partial charge in [-0.05, 0) is 23.8 Å². The first-order valence-electron chi connectivity index (χ1n) is 8.09. The number of methoxy groups -OCH3 is 1. The minimum Gasteiger partial charge on any atom is -0.497 e. The molecule has 0 aliphatic carbocycles. The normalized spacial score (nSPS) is 15.9. The molecular formula is C20H19N3O2. The molecular weight excluding hydrogens is 314 g/mol. The number of hydrogen-bond donors (Lipinski definition) is 1. The van der Waals surface area contributed by atoms with Crippen molar-refractivity contribution in [2.75, 3.05) is 7.11 Å². The zero-order chi connectivity index (χ0) is 17.4. The predicted molar refractivity (Wildman–Crippen MR) is 96.4 cm³/mol. The van der Waals surface area contributed by atoms with Crippen molar-refractivity contribution in [2.45, 2.75) is 5.92 Å². The SMILES string of the molecule is COc1ccc(C2C=C(N)Oc3c2c(-c2ccccc2)nn3C)cc1. The third-order valence-corrected chi connectivity index (χ3v) is 4.41. The second-order valence-electron chi connectivity index (χ2n) is 5.98. The van der Waals surface area contributed by atoms with Crippen molar-refractivity contribution >= 4 is 0 Å². The van der Waals surface area contributed by atoms with Crippen molar-refractivity contribution in [3.8, 4) is 22.9 Å². The monoisotopic (exact) mass is 333 g/mol. The number of rotatable bonds is 3. The molecule has 0 amide bonds. The van der Waals surface area contributed by atoms with Gasteiger partial charge >= 0.3 is 0 Å². The van der Waals surface area contributed by atoms with Crippen molar-refractivity contribution in [2.24, 2.45) is 12.8 Å². The van der Waals surface area contributed by atoms with Crippen LogP contribution in [0.25, 0.3) is 11.3 Å². The summed E-state index contributed by atoms with van der Waals surface area (Å²) >= 11 is 0. The Balaban J connectivity index is 1.88. The molecule has 0 saturated heterocycles. The van der Waals surface area contributed by atoms with Crippen LogP contribution in [-0.2, 0) is 7.05 Å². The predicted octanol–water partition coefficient (Wildman–Crippen LogP) is 3.42. The Labute approximate surface area is 146 Å². The van der Waals surface area contributed by atoms with Gasteiger partial charge in [-0.15, -0.1) is 0 Å². The molecule has 0 radical (unpaired) electrons. The summed E-state index contributed by atoms with van der Waals surface area (Å²) in [5, 5.41) is 4.68. The van der Waals surface area contributed by atoms with Gasteiger partial charge in [0.25, 0.3) is 0 Å². The van der Waals surface area contributed by atoms with Gasteiger partial charge in [0, 0.05) is 18.5 Å². The zero-order valence-corrected chi connectivity index (χ0v) is 14.1. The van der Waals surface area contributed by atoms with Gasteiger partial charge in [-0.3, -0.25) is 0 Å². The fraction of sp³-hybridized carbons (Fsp3) is 0.150.